The average molecular weight is 394 g/mol. The molecule has 0 spiro atoms. The molecule has 0 saturated carbocycles. The van der Waals surface area contributed by atoms with Crippen LogP contribution in [0.1, 0.15) is 0 Å². The second-order valence-electron chi connectivity index (χ2n) is 5.16. The van der Waals surface area contributed by atoms with E-state index in [4.69, 9.17) is 28.9 Å². The van der Waals surface area contributed by atoms with Gasteiger partial charge in [0.1, 0.15) is 21.5 Å². The summed E-state index contributed by atoms with van der Waals surface area (Å²) in [5.41, 5.74) is 7.52. The van der Waals surface area contributed by atoms with E-state index in [1.54, 1.807) is 12.1 Å². The second kappa shape index (κ2) is 5.76. The molecule has 4 rings (SSSR count). The molecule has 7 nitrogen and oxygen atoms in total. The van der Waals surface area contributed by atoms with Gasteiger partial charge in [-0.25, -0.2) is 0 Å². The van der Waals surface area contributed by atoms with Crippen molar-refractivity contribution in [1.82, 2.24) is 19.8 Å². The summed E-state index contributed by atoms with van der Waals surface area (Å²) >= 11 is 13.5. The number of fused-ring (bicyclic) bond motifs is 1. The van der Waals surface area contributed by atoms with Gasteiger partial charge >= 0.3 is 0 Å². The Labute approximate surface area is 154 Å². The lowest BCUT2D eigenvalue weighted by molar-refractivity contribution is 0.475. The highest BCUT2D eigenvalue weighted by atomic mass is 35.5. The van der Waals surface area contributed by atoms with Crippen LogP contribution in [0.25, 0.3) is 26.9 Å². The van der Waals surface area contributed by atoms with Crippen LogP contribution in [-0.4, -0.2) is 30.0 Å². The van der Waals surface area contributed by atoms with Crippen LogP contribution in [0.5, 0.6) is 11.5 Å². The molecule has 0 bridgehead atoms. The maximum Gasteiger partial charge on any atom is 0.235 e. The zero-order chi connectivity index (χ0) is 17.7. The largest absolute Gasteiger partial charge is 0.508 e. The number of hydrogen-bond acceptors (Lipinski definition) is 7. The molecular formula is C15H9Cl2N5O2S. The lowest BCUT2D eigenvalue weighted by atomic mass is 10.2. The Morgan fingerprint density at radius 2 is 1.76 bits per heavy atom. The second-order valence-corrected chi connectivity index (χ2v) is 6.87. The van der Waals surface area contributed by atoms with Crippen molar-refractivity contribution >= 4 is 45.2 Å². The van der Waals surface area contributed by atoms with Crippen molar-refractivity contribution in [3.63, 3.8) is 0 Å². The predicted molar refractivity (Wildman–Crippen MR) is 97.3 cm³/mol. The standard InChI is InChI=1S/C15H9Cl2N5O2S/c16-11-8(3-4-10(24)12(11)17)13-19-20-15-22(13)21-14(25-15)7-2-1-6(23)5-9(7)18/h1-5,23-24H,18H2. The normalized spacial score (nSPS) is 11.3. The molecule has 0 amide bonds. The van der Waals surface area contributed by atoms with Gasteiger partial charge in [0.05, 0.1) is 5.02 Å². The van der Waals surface area contributed by atoms with E-state index < -0.39 is 0 Å². The Morgan fingerprint density at radius 1 is 1.00 bits per heavy atom. The van der Waals surface area contributed by atoms with E-state index in [0.717, 1.165) is 0 Å². The van der Waals surface area contributed by atoms with Crippen molar-refractivity contribution in [3.8, 4) is 33.5 Å². The Balaban J connectivity index is 1.88. The molecule has 0 unspecified atom stereocenters. The number of anilines is 1. The van der Waals surface area contributed by atoms with Crippen LogP contribution in [0.4, 0.5) is 5.69 Å². The molecule has 0 aliphatic rings. The minimum absolute atomic E-state index is 0.0362. The third-order valence-corrected chi connectivity index (χ3v) is 5.36. The van der Waals surface area contributed by atoms with Crippen LogP contribution in [0.3, 0.4) is 0 Å². The van der Waals surface area contributed by atoms with Gasteiger partial charge in [0.25, 0.3) is 0 Å². The van der Waals surface area contributed by atoms with Crippen LogP contribution < -0.4 is 5.73 Å². The summed E-state index contributed by atoms with van der Waals surface area (Å²) < 4.78 is 1.53. The Bertz CT molecular complexity index is 1120. The maximum atomic E-state index is 9.63. The first-order valence-electron chi connectivity index (χ1n) is 6.94. The molecule has 0 fully saturated rings. The third-order valence-electron chi connectivity index (χ3n) is 3.56. The van der Waals surface area contributed by atoms with Gasteiger partial charge in [-0.3, -0.25) is 0 Å². The van der Waals surface area contributed by atoms with Crippen LogP contribution >= 0.6 is 34.5 Å². The molecule has 2 heterocycles. The zero-order valence-electron chi connectivity index (χ0n) is 12.3. The van der Waals surface area contributed by atoms with E-state index in [1.807, 2.05) is 0 Å². The van der Waals surface area contributed by atoms with Crippen LogP contribution in [0.2, 0.25) is 10.0 Å². The first-order chi connectivity index (χ1) is 12.0. The topological polar surface area (TPSA) is 110 Å². The fourth-order valence-electron chi connectivity index (χ4n) is 2.35. The van der Waals surface area contributed by atoms with Gasteiger partial charge in [0.2, 0.25) is 4.96 Å². The molecule has 0 aliphatic carbocycles. The highest BCUT2D eigenvalue weighted by Gasteiger charge is 2.19. The Kier molecular flexibility index (Phi) is 3.68. The molecule has 0 aliphatic heterocycles. The molecule has 0 saturated heterocycles. The monoisotopic (exact) mass is 393 g/mol. The first-order valence-corrected chi connectivity index (χ1v) is 8.51. The van der Waals surface area contributed by atoms with Gasteiger partial charge in [-0.2, -0.15) is 9.61 Å². The van der Waals surface area contributed by atoms with Crippen LogP contribution in [0, 0.1) is 0 Å². The van der Waals surface area contributed by atoms with Crippen molar-refractivity contribution in [2.45, 2.75) is 0 Å². The zero-order valence-corrected chi connectivity index (χ0v) is 14.6. The van der Waals surface area contributed by atoms with Crippen LogP contribution in [-0.2, 0) is 0 Å². The number of phenolic OH excluding ortho intramolecular Hbond substituents is 2. The van der Waals surface area contributed by atoms with Crippen molar-refractivity contribution in [2.75, 3.05) is 5.73 Å². The predicted octanol–water partition coefficient (Wildman–Crippen LogP) is 3.82. The molecular weight excluding hydrogens is 385 g/mol. The first kappa shape index (κ1) is 15.9. The molecule has 0 radical (unpaired) electrons. The number of hydrogen-bond donors (Lipinski definition) is 3. The number of aromatic nitrogens is 4. The van der Waals surface area contributed by atoms with Gasteiger partial charge in [-0.1, -0.05) is 34.5 Å². The van der Waals surface area contributed by atoms with Gasteiger partial charge in [-0.05, 0) is 24.3 Å². The number of aromatic hydroxyl groups is 2. The summed E-state index contributed by atoms with van der Waals surface area (Å²) in [7, 11) is 0. The lowest BCUT2D eigenvalue weighted by Crippen LogP contribution is -1.94. The van der Waals surface area contributed by atoms with Crippen molar-refractivity contribution in [2.24, 2.45) is 0 Å². The number of nitrogens with two attached hydrogens (primary N) is 1. The van der Waals surface area contributed by atoms with Gasteiger partial charge in [0, 0.05) is 22.9 Å². The minimum Gasteiger partial charge on any atom is -0.508 e. The minimum atomic E-state index is -0.119. The van der Waals surface area contributed by atoms with Gasteiger partial charge < -0.3 is 15.9 Å². The summed E-state index contributed by atoms with van der Waals surface area (Å²) in [5, 5.41) is 32.6. The van der Waals surface area contributed by atoms with E-state index in [2.05, 4.69) is 15.3 Å². The fourth-order valence-corrected chi connectivity index (χ4v) is 3.65. The highest BCUT2D eigenvalue weighted by Crippen LogP contribution is 2.39. The molecule has 4 N–H and O–H groups in total. The molecule has 2 aromatic carbocycles. The molecule has 25 heavy (non-hydrogen) atoms. The maximum absolute atomic E-state index is 9.63. The summed E-state index contributed by atoms with van der Waals surface area (Å²) in [6.07, 6.45) is 0. The van der Waals surface area contributed by atoms with Gasteiger partial charge in [-0.15, -0.1) is 10.2 Å². The van der Waals surface area contributed by atoms with Crippen molar-refractivity contribution in [1.29, 1.82) is 0 Å². The fraction of sp³-hybridized carbons (Fsp3) is 0. The Morgan fingerprint density at radius 3 is 2.52 bits per heavy atom. The average Bonchev–Trinajstić information content (AvgIpc) is 3.14. The van der Waals surface area contributed by atoms with E-state index in [0.29, 0.717) is 32.6 Å². The lowest BCUT2D eigenvalue weighted by Gasteiger charge is -2.05. The van der Waals surface area contributed by atoms with Crippen molar-refractivity contribution in [3.05, 3.63) is 40.4 Å². The van der Waals surface area contributed by atoms with E-state index in [-0.39, 0.29) is 21.5 Å². The number of nitrogen functional groups attached to an aromatic ring is 1. The van der Waals surface area contributed by atoms with Crippen LogP contribution in [0.15, 0.2) is 30.3 Å². The number of nitrogens with zero attached hydrogens (tertiary/aromatic N) is 4. The number of rotatable bonds is 2. The van der Waals surface area contributed by atoms with E-state index in [1.165, 1.54) is 34.1 Å². The molecule has 126 valence electrons. The summed E-state index contributed by atoms with van der Waals surface area (Å²) in [4.78, 5) is 0.540. The number of phenols is 2. The summed E-state index contributed by atoms with van der Waals surface area (Å²) in [6, 6.07) is 7.69. The molecule has 2 aromatic heterocycles. The third kappa shape index (κ3) is 2.55. The SMILES string of the molecule is Nc1cc(O)ccc1-c1nn2c(-c3ccc(O)c(Cl)c3Cl)nnc2s1. The summed E-state index contributed by atoms with van der Waals surface area (Å²) in [5.74, 6) is 0.351. The van der Waals surface area contributed by atoms with E-state index >= 15 is 0 Å². The number of benzene rings is 2. The summed E-state index contributed by atoms with van der Waals surface area (Å²) in [6.45, 7) is 0. The smallest absolute Gasteiger partial charge is 0.235 e. The van der Waals surface area contributed by atoms with E-state index in [9.17, 15) is 10.2 Å². The quantitative estimate of drug-likeness (QED) is 0.446. The Hall–Kier alpha value is -2.55. The van der Waals surface area contributed by atoms with Gasteiger partial charge in [0.15, 0.2) is 5.82 Å². The number of halogens is 2. The highest BCUT2D eigenvalue weighted by molar-refractivity contribution is 7.19. The molecule has 10 heteroatoms. The molecule has 4 aromatic rings. The van der Waals surface area contributed by atoms with Crippen molar-refractivity contribution < 1.29 is 10.2 Å². The molecule has 0 atom stereocenters.